The molecular weight excluding hydrogens is 444 g/mol. The van der Waals surface area contributed by atoms with E-state index < -0.39 is 0 Å². The topological polar surface area (TPSA) is 74.8 Å². The molecule has 32 heavy (non-hydrogen) atoms. The molecule has 7 nitrogen and oxygen atoms in total. The number of thiazole rings is 1. The van der Waals surface area contributed by atoms with Crippen molar-refractivity contribution in [1.29, 1.82) is 0 Å². The molecule has 0 unspecified atom stereocenters. The molecule has 1 aromatic carbocycles. The first-order valence-corrected chi connectivity index (χ1v) is 12.4. The van der Waals surface area contributed by atoms with Crippen molar-refractivity contribution in [3.63, 3.8) is 0 Å². The highest BCUT2D eigenvalue weighted by Crippen LogP contribution is 2.18. The summed E-state index contributed by atoms with van der Waals surface area (Å²) in [6.07, 6.45) is 0.598. The normalized spacial score (nSPS) is 14.3. The van der Waals surface area contributed by atoms with Crippen molar-refractivity contribution in [2.45, 2.75) is 12.8 Å². The van der Waals surface area contributed by atoms with Crippen LogP contribution in [0.5, 0.6) is 5.75 Å². The fraction of sp³-hybridized carbons (Fsp3) is 0.348. The Morgan fingerprint density at radius 1 is 1.00 bits per heavy atom. The van der Waals surface area contributed by atoms with Gasteiger partial charge in [0, 0.05) is 43.0 Å². The molecule has 3 aromatic rings. The average Bonchev–Trinajstić information content (AvgIpc) is 3.47. The Balaban J connectivity index is 1.16. The van der Waals surface area contributed by atoms with E-state index in [0.29, 0.717) is 36.9 Å². The Hall–Kier alpha value is -2.75. The van der Waals surface area contributed by atoms with Gasteiger partial charge in [-0.05, 0) is 23.6 Å². The van der Waals surface area contributed by atoms with Gasteiger partial charge in [-0.15, -0.1) is 22.7 Å². The number of anilines is 1. The molecule has 2 amide bonds. The summed E-state index contributed by atoms with van der Waals surface area (Å²) >= 11 is 2.91. The van der Waals surface area contributed by atoms with Crippen LogP contribution in [-0.2, 0) is 22.4 Å². The monoisotopic (exact) mass is 470 g/mol. The minimum absolute atomic E-state index is 0.0759. The minimum atomic E-state index is -0.0907. The average molecular weight is 471 g/mol. The van der Waals surface area contributed by atoms with Gasteiger partial charge < -0.3 is 15.0 Å². The number of benzene rings is 1. The molecule has 1 aliphatic heterocycles. The molecule has 3 heterocycles. The zero-order valence-corrected chi connectivity index (χ0v) is 19.4. The molecule has 1 fully saturated rings. The number of carbonyl (C=O) groups excluding carboxylic acids is 2. The predicted molar refractivity (Wildman–Crippen MR) is 127 cm³/mol. The highest BCUT2D eigenvalue weighted by Gasteiger charge is 2.22. The summed E-state index contributed by atoms with van der Waals surface area (Å²) in [4.78, 5) is 34.4. The van der Waals surface area contributed by atoms with Crippen LogP contribution in [0.15, 0.2) is 53.2 Å². The Bertz CT molecular complexity index is 999. The first kappa shape index (κ1) is 22.4. The maximum Gasteiger partial charge on any atom is 0.231 e. The zero-order valence-electron chi connectivity index (χ0n) is 17.7. The molecule has 1 N–H and O–H groups in total. The third-order valence-corrected chi connectivity index (χ3v) is 6.87. The van der Waals surface area contributed by atoms with E-state index >= 15 is 0 Å². The molecule has 0 radical (unpaired) electrons. The molecule has 0 aliphatic carbocycles. The number of carbonyl (C=O) groups is 2. The third-order valence-electron chi connectivity index (χ3n) is 5.19. The van der Waals surface area contributed by atoms with Crippen molar-refractivity contribution >= 4 is 39.6 Å². The lowest BCUT2D eigenvalue weighted by atomic mass is 10.2. The summed E-state index contributed by atoms with van der Waals surface area (Å²) in [6.45, 7) is 4.57. The number of nitrogens with one attached hydrogen (secondary N) is 1. The number of hydrogen-bond donors (Lipinski definition) is 1. The fourth-order valence-corrected chi connectivity index (χ4v) is 4.91. The number of amides is 2. The second-order valence-electron chi connectivity index (χ2n) is 7.51. The van der Waals surface area contributed by atoms with Crippen LogP contribution in [-0.4, -0.2) is 65.9 Å². The standard InChI is InChI=1S/C23H26N4O3S2/c28-21(16-20-7-4-14-31-20)25-23-24-18(17-32-23)15-22(29)27-10-8-26(9-11-27)12-13-30-19-5-2-1-3-6-19/h1-7,14,17H,8-13,15-16H2,(H,24,25,28). The van der Waals surface area contributed by atoms with Crippen LogP contribution in [0.2, 0.25) is 0 Å². The third kappa shape index (κ3) is 6.62. The summed E-state index contributed by atoms with van der Waals surface area (Å²) in [6, 6.07) is 13.7. The molecule has 1 saturated heterocycles. The van der Waals surface area contributed by atoms with Crippen LogP contribution < -0.4 is 10.1 Å². The summed E-state index contributed by atoms with van der Waals surface area (Å²) in [5.41, 5.74) is 0.699. The maximum atomic E-state index is 12.7. The Morgan fingerprint density at radius 2 is 1.81 bits per heavy atom. The van der Waals surface area contributed by atoms with E-state index in [1.165, 1.54) is 11.3 Å². The predicted octanol–water partition coefficient (Wildman–Crippen LogP) is 3.15. The van der Waals surface area contributed by atoms with E-state index in [2.05, 4.69) is 15.2 Å². The number of hydrogen-bond acceptors (Lipinski definition) is 7. The van der Waals surface area contributed by atoms with E-state index in [9.17, 15) is 9.59 Å². The van der Waals surface area contributed by atoms with E-state index in [4.69, 9.17) is 4.74 Å². The fourth-order valence-electron chi connectivity index (χ4n) is 3.48. The molecule has 0 bridgehead atoms. The van der Waals surface area contributed by atoms with Gasteiger partial charge in [-0.3, -0.25) is 14.5 Å². The second-order valence-corrected chi connectivity index (χ2v) is 9.40. The summed E-state index contributed by atoms with van der Waals surface area (Å²) in [5.74, 6) is 0.866. The summed E-state index contributed by atoms with van der Waals surface area (Å²) in [5, 5.41) is 7.16. The molecule has 0 saturated carbocycles. The molecule has 0 atom stereocenters. The highest BCUT2D eigenvalue weighted by molar-refractivity contribution is 7.14. The van der Waals surface area contributed by atoms with Crippen molar-refractivity contribution in [1.82, 2.24) is 14.8 Å². The minimum Gasteiger partial charge on any atom is -0.492 e. The van der Waals surface area contributed by atoms with Crippen molar-refractivity contribution in [3.8, 4) is 5.75 Å². The molecule has 1 aliphatic rings. The van der Waals surface area contributed by atoms with Gasteiger partial charge in [-0.1, -0.05) is 24.3 Å². The SMILES string of the molecule is O=C(Cc1cccs1)Nc1nc(CC(=O)N2CCN(CCOc3ccccc3)CC2)cs1. The van der Waals surface area contributed by atoms with Crippen molar-refractivity contribution < 1.29 is 14.3 Å². The first-order chi connectivity index (χ1) is 15.7. The van der Waals surface area contributed by atoms with Crippen LogP contribution in [0.3, 0.4) is 0 Å². The second kappa shape index (κ2) is 11.2. The van der Waals surface area contributed by atoms with E-state index in [0.717, 1.165) is 30.3 Å². The van der Waals surface area contributed by atoms with E-state index in [1.54, 1.807) is 11.3 Å². The van der Waals surface area contributed by atoms with Gasteiger partial charge in [0.05, 0.1) is 18.5 Å². The number of thiophene rings is 1. The molecular formula is C23H26N4O3S2. The van der Waals surface area contributed by atoms with Crippen LogP contribution in [0.4, 0.5) is 5.13 Å². The van der Waals surface area contributed by atoms with Crippen molar-refractivity contribution in [2.75, 3.05) is 44.6 Å². The van der Waals surface area contributed by atoms with Crippen LogP contribution in [0, 0.1) is 0 Å². The lowest BCUT2D eigenvalue weighted by Gasteiger charge is -2.34. The lowest BCUT2D eigenvalue weighted by molar-refractivity contribution is -0.132. The Labute approximate surface area is 195 Å². The van der Waals surface area contributed by atoms with Gasteiger partial charge >= 0.3 is 0 Å². The quantitative estimate of drug-likeness (QED) is 0.520. The number of para-hydroxylation sites is 1. The zero-order chi connectivity index (χ0) is 22.2. The number of piperazine rings is 1. The van der Waals surface area contributed by atoms with E-state index in [1.807, 2.05) is 58.1 Å². The first-order valence-electron chi connectivity index (χ1n) is 10.6. The number of rotatable bonds is 9. The molecule has 0 spiro atoms. The molecule has 168 valence electrons. The van der Waals surface area contributed by atoms with Crippen molar-refractivity contribution in [2.24, 2.45) is 0 Å². The van der Waals surface area contributed by atoms with Crippen LogP contribution in [0.25, 0.3) is 0 Å². The Morgan fingerprint density at radius 3 is 2.56 bits per heavy atom. The van der Waals surface area contributed by atoms with Gasteiger partial charge in [0.2, 0.25) is 11.8 Å². The van der Waals surface area contributed by atoms with Crippen molar-refractivity contribution in [3.05, 3.63) is 63.8 Å². The summed E-state index contributed by atoms with van der Waals surface area (Å²) in [7, 11) is 0. The maximum absolute atomic E-state index is 12.7. The molecule has 4 rings (SSSR count). The van der Waals surface area contributed by atoms with Gasteiger partial charge in [-0.25, -0.2) is 4.98 Å². The van der Waals surface area contributed by atoms with Gasteiger partial charge in [0.1, 0.15) is 12.4 Å². The lowest BCUT2D eigenvalue weighted by Crippen LogP contribution is -2.50. The highest BCUT2D eigenvalue weighted by atomic mass is 32.1. The van der Waals surface area contributed by atoms with E-state index in [-0.39, 0.29) is 18.2 Å². The van der Waals surface area contributed by atoms with Crippen LogP contribution in [0.1, 0.15) is 10.6 Å². The number of nitrogens with zero attached hydrogens (tertiary/aromatic N) is 3. The van der Waals surface area contributed by atoms with Gasteiger partial charge in [-0.2, -0.15) is 0 Å². The van der Waals surface area contributed by atoms with Crippen LogP contribution >= 0.6 is 22.7 Å². The largest absolute Gasteiger partial charge is 0.492 e. The molecule has 2 aromatic heterocycles. The number of aromatic nitrogens is 1. The molecule has 9 heteroatoms. The van der Waals surface area contributed by atoms with Gasteiger partial charge in [0.25, 0.3) is 0 Å². The van der Waals surface area contributed by atoms with Gasteiger partial charge in [0.15, 0.2) is 5.13 Å². The summed E-state index contributed by atoms with van der Waals surface area (Å²) < 4.78 is 5.76. The number of ether oxygens (including phenoxy) is 1. The smallest absolute Gasteiger partial charge is 0.231 e. The Kier molecular flexibility index (Phi) is 7.87.